The molecule has 0 aromatic heterocycles. The van der Waals surface area contributed by atoms with Gasteiger partial charge < -0.3 is 0 Å². The van der Waals surface area contributed by atoms with Crippen molar-refractivity contribution < 1.29 is 13.2 Å². The summed E-state index contributed by atoms with van der Waals surface area (Å²) >= 11 is -0.141. The van der Waals surface area contributed by atoms with E-state index in [1.807, 2.05) is 0 Å². The first-order valence-corrected chi connectivity index (χ1v) is 4.04. The van der Waals surface area contributed by atoms with Gasteiger partial charge in [0, 0.05) is 4.90 Å². The van der Waals surface area contributed by atoms with Gasteiger partial charge in [0.2, 0.25) is 0 Å². The van der Waals surface area contributed by atoms with Crippen LogP contribution in [-0.4, -0.2) is 5.51 Å². The van der Waals surface area contributed by atoms with E-state index in [9.17, 15) is 13.2 Å². The van der Waals surface area contributed by atoms with Crippen LogP contribution in [0.5, 0.6) is 0 Å². The number of halogens is 3. The zero-order chi connectivity index (χ0) is 9.19. The molecule has 0 spiro atoms. The molecule has 0 aliphatic heterocycles. The summed E-state index contributed by atoms with van der Waals surface area (Å²) in [5.74, 6) is 0. The first-order valence-electron chi connectivity index (χ1n) is 3.22. The van der Waals surface area contributed by atoms with Crippen LogP contribution in [0.3, 0.4) is 0 Å². The molecular weight excluding hydrogens is 185 g/mol. The van der Waals surface area contributed by atoms with Crippen molar-refractivity contribution in [1.82, 2.24) is 0 Å². The van der Waals surface area contributed by atoms with Crippen molar-refractivity contribution in [3.05, 3.63) is 29.8 Å². The average Bonchev–Trinajstić information content (AvgIpc) is 1.82. The first-order chi connectivity index (χ1) is 5.47. The van der Waals surface area contributed by atoms with Gasteiger partial charge in [-0.15, -0.1) is 0 Å². The SMILES string of the molecule is Cc1[c]c(SC(F)(F)F)ccc1. The number of benzene rings is 1. The molecule has 0 saturated carbocycles. The molecule has 1 aromatic rings. The smallest absolute Gasteiger partial charge is 0.160 e. The summed E-state index contributed by atoms with van der Waals surface area (Å²) in [6.07, 6.45) is 0. The van der Waals surface area contributed by atoms with Gasteiger partial charge in [0.05, 0.1) is 0 Å². The van der Waals surface area contributed by atoms with Gasteiger partial charge in [-0.05, 0) is 36.4 Å². The zero-order valence-corrected chi connectivity index (χ0v) is 7.09. The number of hydrogen-bond acceptors (Lipinski definition) is 1. The molecule has 0 amide bonds. The summed E-state index contributed by atoms with van der Waals surface area (Å²) in [4.78, 5) is 0.113. The standard InChI is InChI=1S/C8H6F3S/c1-6-3-2-4-7(5-6)12-8(9,10)11/h2-4H,1H3. The van der Waals surface area contributed by atoms with Crippen LogP contribution in [0.25, 0.3) is 0 Å². The number of aryl methyl sites for hydroxylation is 1. The monoisotopic (exact) mass is 191 g/mol. The molecule has 0 saturated heterocycles. The Balaban J connectivity index is 2.77. The van der Waals surface area contributed by atoms with Crippen molar-refractivity contribution >= 4 is 11.8 Å². The van der Waals surface area contributed by atoms with Gasteiger partial charge in [-0.1, -0.05) is 12.1 Å². The minimum absolute atomic E-state index is 0.113. The lowest BCUT2D eigenvalue weighted by Crippen LogP contribution is -1.98. The summed E-state index contributed by atoms with van der Waals surface area (Å²) in [5, 5.41) is 0. The molecule has 0 fully saturated rings. The summed E-state index contributed by atoms with van der Waals surface area (Å²) in [5.41, 5.74) is -3.51. The van der Waals surface area contributed by atoms with E-state index >= 15 is 0 Å². The average molecular weight is 191 g/mol. The van der Waals surface area contributed by atoms with Crippen molar-refractivity contribution in [2.24, 2.45) is 0 Å². The second kappa shape index (κ2) is 3.39. The summed E-state index contributed by atoms with van der Waals surface area (Å²) in [6.45, 7) is 1.71. The van der Waals surface area contributed by atoms with E-state index in [0.717, 1.165) is 0 Å². The van der Waals surface area contributed by atoms with E-state index in [1.165, 1.54) is 6.07 Å². The molecule has 0 atom stereocenters. The summed E-state index contributed by atoms with van der Waals surface area (Å²) in [7, 11) is 0. The Morgan fingerprint density at radius 1 is 1.33 bits per heavy atom. The van der Waals surface area contributed by atoms with Crippen LogP contribution in [0.1, 0.15) is 5.56 Å². The van der Waals surface area contributed by atoms with Gasteiger partial charge in [-0.25, -0.2) is 0 Å². The van der Waals surface area contributed by atoms with Crippen molar-refractivity contribution in [2.75, 3.05) is 0 Å². The van der Waals surface area contributed by atoms with E-state index in [0.29, 0.717) is 5.56 Å². The lowest BCUT2D eigenvalue weighted by atomic mass is 10.2. The molecule has 0 unspecified atom stereocenters. The largest absolute Gasteiger partial charge is 0.446 e. The lowest BCUT2D eigenvalue weighted by molar-refractivity contribution is -0.0328. The Kier molecular flexibility index (Phi) is 2.67. The molecule has 0 aliphatic carbocycles. The minimum Gasteiger partial charge on any atom is -0.160 e. The molecule has 12 heavy (non-hydrogen) atoms. The fourth-order valence-corrected chi connectivity index (χ4v) is 1.35. The van der Waals surface area contributed by atoms with Gasteiger partial charge in [-0.2, -0.15) is 13.2 Å². The molecule has 1 radical (unpaired) electrons. The van der Waals surface area contributed by atoms with Crippen molar-refractivity contribution in [3.63, 3.8) is 0 Å². The number of rotatable bonds is 1. The highest BCUT2D eigenvalue weighted by atomic mass is 32.2. The van der Waals surface area contributed by atoms with Crippen LogP contribution >= 0.6 is 11.8 Å². The Bertz CT molecular complexity index is 267. The second-order valence-corrected chi connectivity index (χ2v) is 3.35. The Hall–Kier alpha value is -0.640. The molecule has 4 heteroatoms. The Morgan fingerprint density at radius 3 is 2.50 bits per heavy atom. The fourth-order valence-electron chi connectivity index (χ4n) is 0.742. The van der Waals surface area contributed by atoms with E-state index in [1.54, 1.807) is 19.1 Å². The van der Waals surface area contributed by atoms with Crippen LogP contribution in [0.15, 0.2) is 23.1 Å². The van der Waals surface area contributed by atoms with Gasteiger partial charge >= 0.3 is 5.51 Å². The van der Waals surface area contributed by atoms with Gasteiger partial charge in [0.1, 0.15) is 0 Å². The Labute approximate surface area is 72.8 Å². The normalized spacial score (nSPS) is 11.7. The van der Waals surface area contributed by atoms with Crippen LogP contribution < -0.4 is 0 Å². The van der Waals surface area contributed by atoms with Crippen LogP contribution in [0.2, 0.25) is 0 Å². The van der Waals surface area contributed by atoms with E-state index in [4.69, 9.17) is 0 Å². The zero-order valence-electron chi connectivity index (χ0n) is 6.27. The van der Waals surface area contributed by atoms with Crippen LogP contribution in [0.4, 0.5) is 13.2 Å². The lowest BCUT2D eigenvalue weighted by Gasteiger charge is -2.04. The quantitative estimate of drug-likeness (QED) is 0.613. The molecule has 1 aromatic carbocycles. The Morgan fingerprint density at radius 2 is 2.00 bits per heavy atom. The number of thioether (sulfide) groups is 1. The molecule has 0 heterocycles. The first kappa shape index (κ1) is 9.45. The molecule has 0 bridgehead atoms. The second-order valence-electron chi connectivity index (χ2n) is 2.25. The summed E-state index contributed by atoms with van der Waals surface area (Å²) in [6, 6.07) is 7.29. The maximum absolute atomic E-state index is 11.8. The third-order valence-electron chi connectivity index (χ3n) is 1.14. The highest BCUT2D eigenvalue weighted by Crippen LogP contribution is 2.36. The van der Waals surface area contributed by atoms with E-state index < -0.39 is 5.51 Å². The van der Waals surface area contributed by atoms with Gasteiger partial charge in [0.15, 0.2) is 0 Å². The predicted molar refractivity (Wildman–Crippen MR) is 41.9 cm³/mol. The van der Waals surface area contributed by atoms with Crippen LogP contribution in [0, 0.1) is 13.0 Å². The molecule has 0 N–H and O–H groups in total. The number of alkyl halides is 3. The molecule has 1 rings (SSSR count). The van der Waals surface area contributed by atoms with Crippen molar-refractivity contribution in [1.29, 1.82) is 0 Å². The van der Waals surface area contributed by atoms with E-state index in [-0.39, 0.29) is 16.7 Å². The number of hydrogen-bond donors (Lipinski definition) is 0. The topological polar surface area (TPSA) is 0 Å². The molecule has 0 nitrogen and oxygen atoms in total. The van der Waals surface area contributed by atoms with Crippen LogP contribution in [-0.2, 0) is 0 Å². The van der Waals surface area contributed by atoms with Crippen molar-refractivity contribution in [3.8, 4) is 0 Å². The van der Waals surface area contributed by atoms with E-state index in [2.05, 4.69) is 6.07 Å². The van der Waals surface area contributed by atoms with Gasteiger partial charge in [-0.3, -0.25) is 0 Å². The van der Waals surface area contributed by atoms with Gasteiger partial charge in [0.25, 0.3) is 0 Å². The molecular formula is C8H6F3S. The molecule has 65 valence electrons. The third-order valence-corrected chi connectivity index (χ3v) is 1.83. The fraction of sp³-hybridized carbons (Fsp3) is 0.250. The predicted octanol–water partition coefficient (Wildman–Crippen LogP) is 3.41. The molecule has 0 aliphatic rings. The maximum Gasteiger partial charge on any atom is 0.446 e. The highest BCUT2D eigenvalue weighted by Gasteiger charge is 2.29. The third kappa shape index (κ3) is 3.17. The summed E-state index contributed by atoms with van der Waals surface area (Å²) < 4.78 is 35.4. The minimum atomic E-state index is -4.22. The highest BCUT2D eigenvalue weighted by molar-refractivity contribution is 8.00. The van der Waals surface area contributed by atoms with Crippen molar-refractivity contribution in [2.45, 2.75) is 17.3 Å². The maximum atomic E-state index is 11.8.